The van der Waals surface area contributed by atoms with Crippen LogP contribution in [0.3, 0.4) is 0 Å². The number of rotatable bonds is 42. The highest BCUT2D eigenvalue weighted by Gasteiger charge is 2.10. The quantitative estimate of drug-likeness (QED) is 0.0381. The van der Waals surface area contributed by atoms with Crippen LogP contribution in [0.2, 0.25) is 0 Å². The lowest BCUT2D eigenvalue weighted by Gasteiger charge is -2.22. The number of carbonyl (C=O) groups is 2. The molecule has 0 saturated carbocycles. The lowest BCUT2D eigenvalue weighted by Crippen LogP contribution is -2.30. The maximum Gasteiger partial charge on any atom is 0.307 e. The molecule has 51 heavy (non-hydrogen) atoms. The zero-order chi connectivity index (χ0) is 37.3. The van der Waals surface area contributed by atoms with Crippen molar-refractivity contribution in [2.45, 2.75) is 220 Å². The minimum absolute atomic E-state index is 0.0490. The molecule has 7 heteroatoms. The lowest BCUT2D eigenvalue weighted by atomic mass is 10.1. The molecule has 0 aromatic heterocycles. The van der Waals surface area contributed by atoms with E-state index in [2.05, 4.69) is 30.6 Å². The van der Waals surface area contributed by atoms with Crippen molar-refractivity contribution in [1.82, 2.24) is 9.80 Å². The number of carbonyl (C=O) groups excluding carboxylic acids is 2. The summed E-state index contributed by atoms with van der Waals surface area (Å²) in [7, 11) is 0. The predicted molar refractivity (Wildman–Crippen MR) is 217 cm³/mol. The van der Waals surface area contributed by atoms with Crippen molar-refractivity contribution in [1.29, 1.82) is 0 Å². The molecule has 0 spiro atoms. The molecule has 0 rings (SSSR count). The van der Waals surface area contributed by atoms with E-state index in [1.807, 2.05) is 0 Å². The Kier molecular flexibility index (Phi) is 40.6. The van der Waals surface area contributed by atoms with Crippen LogP contribution in [0.25, 0.3) is 0 Å². The van der Waals surface area contributed by atoms with Crippen LogP contribution < -0.4 is 0 Å². The number of unbranched alkanes of at least 4 members (excludes halogenated alkanes) is 24. The third-order valence-corrected chi connectivity index (χ3v) is 10.2. The van der Waals surface area contributed by atoms with Crippen LogP contribution in [-0.4, -0.2) is 79.5 Å². The minimum Gasteiger partial charge on any atom is -0.466 e. The summed E-state index contributed by atoms with van der Waals surface area (Å²) in [6, 6.07) is 0. The van der Waals surface area contributed by atoms with Gasteiger partial charge < -0.3 is 19.5 Å². The first kappa shape index (κ1) is 49.8. The van der Waals surface area contributed by atoms with Gasteiger partial charge in [-0.15, -0.1) is 0 Å². The standard InChI is InChI=1S/C44H88N2O5/c1-4-7-10-13-16-17-18-24-32-41-50-43(48)33-27-25-31-36-45(39-40-47)35-28-23-19-20-26-34-44(49)51-42-46(37-29-21-14-11-8-5-2)38-30-22-15-12-9-6-3/h47H,4-42H2,1-3H3. The summed E-state index contributed by atoms with van der Waals surface area (Å²) in [5.74, 6) is -0.101. The van der Waals surface area contributed by atoms with Crippen molar-refractivity contribution in [3.63, 3.8) is 0 Å². The van der Waals surface area contributed by atoms with E-state index in [0.29, 0.717) is 32.7 Å². The van der Waals surface area contributed by atoms with E-state index in [9.17, 15) is 14.7 Å². The number of hydrogen-bond donors (Lipinski definition) is 1. The van der Waals surface area contributed by atoms with E-state index in [1.54, 1.807) is 0 Å². The molecule has 1 N–H and O–H groups in total. The number of esters is 2. The lowest BCUT2D eigenvalue weighted by molar-refractivity contribution is -0.148. The highest BCUT2D eigenvalue weighted by molar-refractivity contribution is 5.69. The summed E-state index contributed by atoms with van der Waals surface area (Å²) in [6.45, 7) is 12.7. The zero-order valence-corrected chi connectivity index (χ0v) is 34.6. The van der Waals surface area contributed by atoms with Crippen LogP contribution in [0.4, 0.5) is 0 Å². The third-order valence-electron chi connectivity index (χ3n) is 10.2. The molecule has 0 atom stereocenters. The fourth-order valence-electron chi connectivity index (χ4n) is 6.77. The maximum atomic E-state index is 12.5. The van der Waals surface area contributed by atoms with Gasteiger partial charge in [-0.3, -0.25) is 14.5 Å². The summed E-state index contributed by atoms with van der Waals surface area (Å²) >= 11 is 0. The number of hydrogen-bond acceptors (Lipinski definition) is 7. The summed E-state index contributed by atoms with van der Waals surface area (Å²) in [5.41, 5.74) is 0. The molecule has 0 aliphatic heterocycles. The summed E-state index contributed by atoms with van der Waals surface area (Å²) in [4.78, 5) is 29.3. The molecule has 0 aromatic carbocycles. The fraction of sp³-hybridized carbons (Fsp3) is 0.955. The molecule has 0 radical (unpaired) electrons. The van der Waals surface area contributed by atoms with Gasteiger partial charge in [-0.25, -0.2) is 0 Å². The minimum atomic E-state index is -0.0518. The van der Waals surface area contributed by atoms with Gasteiger partial charge in [0, 0.05) is 32.5 Å². The Balaban J connectivity index is 3.93. The Morgan fingerprint density at radius 2 is 0.725 bits per heavy atom. The van der Waals surface area contributed by atoms with Crippen molar-refractivity contribution in [2.24, 2.45) is 0 Å². The van der Waals surface area contributed by atoms with Crippen molar-refractivity contribution in [3.05, 3.63) is 0 Å². The molecular weight excluding hydrogens is 636 g/mol. The van der Waals surface area contributed by atoms with Gasteiger partial charge in [-0.1, -0.05) is 162 Å². The van der Waals surface area contributed by atoms with Crippen LogP contribution in [0.15, 0.2) is 0 Å². The maximum absolute atomic E-state index is 12.5. The molecular formula is C44H88N2O5. The highest BCUT2D eigenvalue weighted by Crippen LogP contribution is 2.13. The van der Waals surface area contributed by atoms with E-state index in [1.165, 1.54) is 122 Å². The predicted octanol–water partition coefficient (Wildman–Crippen LogP) is 11.8. The molecule has 0 bridgehead atoms. The summed E-state index contributed by atoms with van der Waals surface area (Å²) in [5, 5.41) is 9.52. The van der Waals surface area contributed by atoms with Gasteiger partial charge >= 0.3 is 11.9 Å². The molecule has 304 valence electrons. The van der Waals surface area contributed by atoms with Gasteiger partial charge in [-0.2, -0.15) is 0 Å². The van der Waals surface area contributed by atoms with Crippen LogP contribution in [0, 0.1) is 0 Å². The van der Waals surface area contributed by atoms with Gasteiger partial charge in [0.15, 0.2) is 0 Å². The first-order chi connectivity index (χ1) is 25.1. The first-order valence-electron chi connectivity index (χ1n) is 22.4. The average molecular weight is 725 g/mol. The second-order valence-electron chi connectivity index (χ2n) is 15.2. The molecule has 0 unspecified atom stereocenters. The molecule has 7 nitrogen and oxygen atoms in total. The molecule has 0 aliphatic rings. The van der Waals surface area contributed by atoms with E-state index in [-0.39, 0.29) is 18.5 Å². The van der Waals surface area contributed by atoms with Crippen LogP contribution >= 0.6 is 0 Å². The van der Waals surface area contributed by atoms with E-state index >= 15 is 0 Å². The highest BCUT2D eigenvalue weighted by atomic mass is 16.5. The van der Waals surface area contributed by atoms with E-state index in [4.69, 9.17) is 9.47 Å². The largest absolute Gasteiger partial charge is 0.466 e. The zero-order valence-electron chi connectivity index (χ0n) is 34.6. The van der Waals surface area contributed by atoms with Gasteiger partial charge in [0.25, 0.3) is 0 Å². The Morgan fingerprint density at radius 3 is 1.16 bits per heavy atom. The molecule has 0 fully saturated rings. The van der Waals surface area contributed by atoms with Gasteiger partial charge in [0.05, 0.1) is 13.2 Å². The molecule has 0 aliphatic carbocycles. The van der Waals surface area contributed by atoms with Crippen molar-refractivity contribution < 1.29 is 24.2 Å². The van der Waals surface area contributed by atoms with Crippen LogP contribution in [-0.2, 0) is 19.1 Å². The topological polar surface area (TPSA) is 79.3 Å². The van der Waals surface area contributed by atoms with E-state index < -0.39 is 0 Å². The van der Waals surface area contributed by atoms with Crippen LogP contribution in [0.1, 0.15) is 220 Å². The Bertz CT molecular complexity index is 706. The summed E-state index contributed by atoms with van der Waals surface area (Å²) < 4.78 is 11.2. The normalized spacial score (nSPS) is 11.6. The third kappa shape index (κ3) is 38.4. The SMILES string of the molecule is CCCCCCCCCCCOC(=O)CCCCCN(CCO)CCCCCCCC(=O)OCN(CCCCCCCC)CCCCCCCC. The van der Waals surface area contributed by atoms with Gasteiger partial charge in [0.2, 0.25) is 0 Å². The van der Waals surface area contributed by atoms with Crippen molar-refractivity contribution >= 4 is 11.9 Å². The first-order valence-corrected chi connectivity index (χ1v) is 22.4. The second kappa shape index (κ2) is 41.6. The van der Waals surface area contributed by atoms with Gasteiger partial charge in [0.1, 0.15) is 6.73 Å². The Labute approximate surface area is 317 Å². The smallest absolute Gasteiger partial charge is 0.307 e. The second-order valence-corrected chi connectivity index (χ2v) is 15.2. The van der Waals surface area contributed by atoms with Crippen LogP contribution in [0.5, 0.6) is 0 Å². The Hall–Kier alpha value is -1.18. The number of aliphatic hydroxyl groups is 1. The number of nitrogens with zero attached hydrogens (tertiary/aromatic N) is 2. The van der Waals surface area contributed by atoms with Gasteiger partial charge in [-0.05, 0) is 58.0 Å². The monoisotopic (exact) mass is 725 g/mol. The van der Waals surface area contributed by atoms with Crippen molar-refractivity contribution in [2.75, 3.05) is 52.7 Å². The number of ether oxygens (including phenoxy) is 2. The van der Waals surface area contributed by atoms with Crippen molar-refractivity contribution in [3.8, 4) is 0 Å². The van der Waals surface area contributed by atoms with E-state index in [0.717, 1.165) is 90.4 Å². The number of aliphatic hydroxyl groups excluding tert-OH is 1. The average Bonchev–Trinajstić information content (AvgIpc) is 3.13. The molecule has 0 aromatic rings. The Morgan fingerprint density at radius 1 is 0.392 bits per heavy atom. The fourth-order valence-corrected chi connectivity index (χ4v) is 6.77. The molecule has 0 saturated heterocycles. The molecule has 0 amide bonds. The molecule has 0 heterocycles. The summed E-state index contributed by atoms with van der Waals surface area (Å²) in [6.07, 6.45) is 36.2.